The van der Waals surface area contributed by atoms with Crippen LogP contribution in [0.1, 0.15) is 36.2 Å². The van der Waals surface area contributed by atoms with E-state index in [0.29, 0.717) is 31.4 Å². The maximum atomic E-state index is 12.4. The van der Waals surface area contributed by atoms with E-state index >= 15 is 0 Å². The minimum atomic E-state index is -0.733. The molecule has 0 unspecified atom stereocenters. The monoisotopic (exact) mass is 364 g/mol. The molecule has 0 radical (unpaired) electrons. The van der Waals surface area contributed by atoms with E-state index in [0.717, 1.165) is 15.4 Å². The van der Waals surface area contributed by atoms with Crippen molar-refractivity contribution in [3.63, 3.8) is 0 Å². The van der Waals surface area contributed by atoms with Crippen LogP contribution >= 0.6 is 15.9 Å². The Bertz CT molecular complexity index is 717. The van der Waals surface area contributed by atoms with Crippen LogP contribution in [0.4, 0.5) is 0 Å². The van der Waals surface area contributed by atoms with Gasteiger partial charge in [-0.15, -0.1) is 0 Å². The number of halogens is 1. The number of aliphatic carboxylic acids is 1. The van der Waals surface area contributed by atoms with Crippen molar-refractivity contribution in [2.75, 3.05) is 0 Å². The summed E-state index contributed by atoms with van der Waals surface area (Å²) >= 11 is 3.48. The maximum Gasteiger partial charge on any atom is 0.306 e. The number of aromatic nitrogens is 1. The van der Waals surface area contributed by atoms with E-state index in [-0.39, 0.29) is 17.9 Å². The first-order valence-corrected chi connectivity index (χ1v) is 8.15. The van der Waals surface area contributed by atoms with Gasteiger partial charge in [0, 0.05) is 16.9 Å². The van der Waals surface area contributed by atoms with Crippen LogP contribution < -0.4 is 5.32 Å². The smallest absolute Gasteiger partial charge is 0.306 e. The number of carbonyl (C=O) groups excluding carboxylic acids is 1. The molecule has 5 nitrogen and oxygen atoms in total. The number of rotatable bonds is 3. The number of carboxylic acids is 1. The van der Waals surface area contributed by atoms with Gasteiger partial charge in [-0.2, -0.15) is 0 Å². The number of para-hydroxylation sites is 1. The van der Waals surface area contributed by atoms with Crippen LogP contribution in [0.15, 0.2) is 28.7 Å². The molecule has 22 heavy (non-hydrogen) atoms. The zero-order chi connectivity index (χ0) is 15.7. The lowest BCUT2D eigenvalue weighted by atomic mass is 9.86. The van der Waals surface area contributed by atoms with E-state index in [4.69, 9.17) is 5.11 Å². The fourth-order valence-corrected chi connectivity index (χ4v) is 3.63. The molecule has 3 N–H and O–H groups in total. The summed E-state index contributed by atoms with van der Waals surface area (Å²) in [6.45, 7) is 0. The van der Waals surface area contributed by atoms with Crippen LogP contribution in [-0.4, -0.2) is 28.0 Å². The fraction of sp³-hybridized carbons (Fsp3) is 0.375. The quantitative estimate of drug-likeness (QED) is 0.781. The minimum absolute atomic E-state index is 0.0430. The van der Waals surface area contributed by atoms with Crippen LogP contribution in [0.25, 0.3) is 10.9 Å². The van der Waals surface area contributed by atoms with Gasteiger partial charge in [-0.1, -0.05) is 18.2 Å². The summed E-state index contributed by atoms with van der Waals surface area (Å²) in [7, 11) is 0. The van der Waals surface area contributed by atoms with E-state index in [1.54, 1.807) is 0 Å². The van der Waals surface area contributed by atoms with Crippen molar-refractivity contribution in [3.8, 4) is 0 Å². The maximum absolute atomic E-state index is 12.4. The number of fused-ring (bicyclic) bond motifs is 1. The second-order valence-electron chi connectivity index (χ2n) is 5.72. The molecule has 0 spiro atoms. The van der Waals surface area contributed by atoms with Crippen LogP contribution in [-0.2, 0) is 4.79 Å². The van der Waals surface area contributed by atoms with Gasteiger partial charge in [0.2, 0.25) is 0 Å². The highest BCUT2D eigenvalue weighted by molar-refractivity contribution is 9.10. The van der Waals surface area contributed by atoms with Gasteiger partial charge in [0.15, 0.2) is 0 Å². The zero-order valence-electron chi connectivity index (χ0n) is 11.9. The number of nitrogens with one attached hydrogen (secondary N) is 2. The summed E-state index contributed by atoms with van der Waals surface area (Å²) in [5.74, 6) is -1.15. The predicted octanol–water partition coefficient (Wildman–Crippen LogP) is 3.30. The molecule has 116 valence electrons. The molecule has 1 amide bonds. The van der Waals surface area contributed by atoms with E-state index in [2.05, 4.69) is 26.2 Å². The van der Waals surface area contributed by atoms with Gasteiger partial charge in [0.1, 0.15) is 5.69 Å². The second kappa shape index (κ2) is 6.12. The normalized spacial score (nSPS) is 21.7. The molecular weight excluding hydrogens is 348 g/mol. The average molecular weight is 365 g/mol. The number of hydrogen-bond acceptors (Lipinski definition) is 2. The first kappa shape index (κ1) is 15.1. The highest BCUT2D eigenvalue weighted by atomic mass is 79.9. The molecule has 1 saturated carbocycles. The molecular formula is C16H17BrN2O3. The summed E-state index contributed by atoms with van der Waals surface area (Å²) in [6, 6.07) is 7.76. The Balaban J connectivity index is 1.69. The first-order valence-electron chi connectivity index (χ1n) is 7.36. The Hall–Kier alpha value is -1.82. The van der Waals surface area contributed by atoms with Crippen molar-refractivity contribution in [1.29, 1.82) is 0 Å². The summed E-state index contributed by atoms with van der Waals surface area (Å²) in [4.78, 5) is 26.5. The van der Waals surface area contributed by atoms with E-state index in [1.165, 1.54) is 0 Å². The van der Waals surface area contributed by atoms with Crippen LogP contribution in [0.5, 0.6) is 0 Å². The topological polar surface area (TPSA) is 82.2 Å². The van der Waals surface area contributed by atoms with Gasteiger partial charge in [-0.25, -0.2) is 0 Å². The van der Waals surface area contributed by atoms with E-state index < -0.39 is 5.97 Å². The Labute approximate surface area is 136 Å². The second-order valence-corrected chi connectivity index (χ2v) is 6.51. The molecule has 0 atom stereocenters. The molecule has 6 heteroatoms. The van der Waals surface area contributed by atoms with E-state index in [9.17, 15) is 9.59 Å². The molecule has 1 heterocycles. The van der Waals surface area contributed by atoms with Crippen molar-refractivity contribution in [1.82, 2.24) is 10.3 Å². The molecule has 1 aliphatic rings. The number of hydrogen-bond donors (Lipinski definition) is 3. The third-order valence-electron chi connectivity index (χ3n) is 4.28. The first-order chi connectivity index (χ1) is 10.6. The van der Waals surface area contributed by atoms with Gasteiger partial charge >= 0.3 is 5.97 Å². The number of benzene rings is 1. The molecule has 0 saturated heterocycles. The van der Waals surface area contributed by atoms with Crippen molar-refractivity contribution < 1.29 is 14.7 Å². The molecule has 1 fully saturated rings. The van der Waals surface area contributed by atoms with Gasteiger partial charge in [0.05, 0.1) is 10.4 Å². The van der Waals surface area contributed by atoms with Crippen molar-refractivity contribution >= 4 is 38.7 Å². The highest BCUT2D eigenvalue weighted by Gasteiger charge is 2.27. The average Bonchev–Trinajstić information content (AvgIpc) is 2.85. The number of carboxylic acid groups (broad SMARTS) is 1. The number of H-pyrrole nitrogens is 1. The Morgan fingerprint density at radius 3 is 2.50 bits per heavy atom. The third-order valence-corrected chi connectivity index (χ3v) is 5.11. The molecule has 0 aliphatic heterocycles. The van der Waals surface area contributed by atoms with Gasteiger partial charge in [-0.05, 0) is 47.7 Å². The molecule has 0 bridgehead atoms. The molecule has 1 aromatic carbocycles. The Morgan fingerprint density at radius 2 is 1.86 bits per heavy atom. The summed E-state index contributed by atoms with van der Waals surface area (Å²) in [5.41, 5.74) is 1.43. The van der Waals surface area contributed by atoms with Crippen LogP contribution in [0.3, 0.4) is 0 Å². The summed E-state index contributed by atoms with van der Waals surface area (Å²) in [5, 5.41) is 13.0. The van der Waals surface area contributed by atoms with Crippen LogP contribution in [0, 0.1) is 5.92 Å². The largest absolute Gasteiger partial charge is 0.481 e. The number of carbonyl (C=O) groups is 2. The molecule has 3 rings (SSSR count). The van der Waals surface area contributed by atoms with Gasteiger partial charge in [-0.3, -0.25) is 9.59 Å². The number of aromatic amines is 1. The van der Waals surface area contributed by atoms with Gasteiger partial charge in [0.25, 0.3) is 5.91 Å². The van der Waals surface area contributed by atoms with Crippen molar-refractivity contribution in [2.45, 2.75) is 31.7 Å². The summed E-state index contributed by atoms with van der Waals surface area (Å²) in [6.07, 6.45) is 2.66. The SMILES string of the molecule is O=C(NC1CCC(C(=O)O)CC1)c1[nH]c2ccccc2c1Br. The number of amides is 1. The van der Waals surface area contributed by atoms with Crippen molar-refractivity contribution in [2.24, 2.45) is 5.92 Å². The highest BCUT2D eigenvalue weighted by Crippen LogP contribution is 2.29. The summed E-state index contributed by atoms with van der Waals surface area (Å²) < 4.78 is 0.764. The Kier molecular flexibility index (Phi) is 4.20. The predicted molar refractivity (Wildman–Crippen MR) is 86.8 cm³/mol. The van der Waals surface area contributed by atoms with Crippen LogP contribution in [0.2, 0.25) is 0 Å². The third kappa shape index (κ3) is 2.88. The minimum Gasteiger partial charge on any atom is -0.481 e. The fourth-order valence-electron chi connectivity index (χ4n) is 3.01. The lowest BCUT2D eigenvalue weighted by Gasteiger charge is -2.26. The molecule has 2 aromatic rings. The zero-order valence-corrected chi connectivity index (χ0v) is 13.5. The molecule has 1 aromatic heterocycles. The van der Waals surface area contributed by atoms with E-state index in [1.807, 2.05) is 24.3 Å². The van der Waals surface area contributed by atoms with Crippen molar-refractivity contribution in [3.05, 3.63) is 34.4 Å². The lowest BCUT2D eigenvalue weighted by molar-refractivity contribution is -0.142. The standard InChI is InChI=1S/C16H17BrN2O3/c17-13-11-3-1-2-4-12(11)19-14(13)15(20)18-10-7-5-9(6-8-10)16(21)22/h1-4,9-10,19H,5-8H2,(H,18,20)(H,21,22). The molecule has 1 aliphatic carbocycles. The Morgan fingerprint density at radius 1 is 1.18 bits per heavy atom. The van der Waals surface area contributed by atoms with Gasteiger partial charge < -0.3 is 15.4 Å². The lowest BCUT2D eigenvalue weighted by Crippen LogP contribution is -2.39.